The molecule has 2 aromatic heterocycles. The predicted octanol–water partition coefficient (Wildman–Crippen LogP) is 3.60. The normalized spacial score (nSPS) is 11.8. The molecule has 6 nitrogen and oxygen atoms in total. The van der Waals surface area contributed by atoms with Crippen LogP contribution in [0, 0.1) is 6.92 Å². The second-order valence-corrected chi connectivity index (χ2v) is 6.54. The first-order valence-electron chi connectivity index (χ1n) is 7.57. The first kappa shape index (κ1) is 17.4. The third-order valence-corrected chi connectivity index (χ3v) is 4.70. The molecule has 0 fully saturated rings. The van der Waals surface area contributed by atoms with Crippen molar-refractivity contribution >= 4 is 39.0 Å². The molecule has 0 unspecified atom stereocenters. The van der Waals surface area contributed by atoms with Crippen LogP contribution < -0.4 is 15.0 Å². The molecule has 3 rings (SSSR count). The van der Waals surface area contributed by atoms with Crippen LogP contribution in [0.1, 0.15) is 23.2 Å². The van der Waals surface area contributed by atoms with Crippen molar-refractivity contribution < 1.29 is 9.47 Å². The lowest BCUT2D eigenvalue weighted by Crippen LogP contribution is -2.14. The summed E-state index contributed by atoms with van der Waals surface area (Å²) in [5.74, 6) is 1.29. The molecule has 2 heterocycles. The van der Waals surface area contributed by atoms with Crippen LogP contribution in [0.15, 0.2) is 29.1 Å². The molecule has 0 N–H and O–H groups in total. The Kier molecular flexibility index (Phi) is 5.06. The lowest BCUT2D eigenvalue weighted by atomic mass is 10.2. The number of nitrogens with zero attached hydrogens (tertiary/aromatic N) is 3. The number of aromatic nitrogens is 3. The van der Waals surface area contributed by atoms with E-state index in [9.17, 15) is 4.79 Å². The molecule has 0 bridgehead atoms. The van der Waals surface area contributed by atoms with E-state index in [-0.39, 0.29) is 5.56 Å². The number of aryl methyl sites for hydroxylation is 1. The largest absolute Gasteiger partial charge is 0.493 e. The van der Waals surface area contributed by atoms with Gasteiger partial charge in [0, 0.05) is 11.8 Å². The van der Waals surface area contributed by atoms with Crippen molar-refractivity contribution in [3.63, 3.8) is 0 Å². The Morgan fingerprint density at radius 2 is 2.16 bits per heavy atom. The van der Waals surface area contributed by atoms with E-state index < -0.39 is 0 Å². The average Bonchev–Trinajstić information content (AvgIpc) is 3.01. The Hall–Kier alpha value is -2.38. The number of ether oxygens (including phenoxy) is 2. The van der Waals surface area contributed by atoms with Crippen LogP contribution in [0.5, 0.6) is 11.5 Å². The third-order valence-electron chi connectivity index (χ3n) is 3.36. The van der Waals surface area contributed by atoms with Crippen LogP contribution in [-0.2, 0) is 0 Å². The fourth-order valence-electron chi connectivity index (χ4n) is 2.27. The molecule has 1 aromatic carbocycles. The van der Waals surface area contributed by atoms with Crippen LogP contribution in [0.3, 0.4) is 0 Å². The van der Waals surface area contributed by atoms with Gasteiger partial charge in [-0.25, -0.2) is 4.98 Å². The van der Waals surface area contributed by atoms with Gasteiger partial charge in [0.1, 0.15) is 0 Å². The molecule has 0 amide bonds. The van der Waals surface area contributed by atoms with Gasteiger partial charge < -0.3 is 9.47 Å². The maximum atomic E-state index is 12.0. The van der Waals surface area contributed by atoms with Gasteiger partial charge in [0.25, 0.3) is 5.56 Å². The van der Waals surface area contributed by atoms with Crippen molar-refractivity contribution in [2.75, 3.05) is 13.7 Å². The zero-order valence-corrected chi connectivity index (χ0v) is 15.5. The molecule has 0 aliphatic rings. The minimum absolute atomic E-state index is 0.225. The summed E-state index contributed by atoms with van der Waals surface area (Å²) in [6.07, 6.45) is 1.76. The minimum Gasteiger partial charge on any atom is -0.493 e. The highest BCUT2D eigenvalue weighted by Crippen LogP contribution is 2.31. The van der Waals surface area contributed by atoms with E-state index in [0.29, 0.717) is 38.8 Å². The van der Waals surface area contributed by atoms with E-state index in [1.165, 1.54) is 21.9 Å². The number of methoxy groups -OCH3 is 1. The Bertz CT molecular complexity index is 1010. The van der Waals surface area contributed by atoms with Crippen molar-refractivity contribution in [1.82, 2.24) is 14.6 Å². The van der Waals surface area contributed by atoms with Crippen LogP contribution in [-0.4, -0.2) is 28.3 Å². The average molecular weight is 378 g/mol. The highest BCUT2D eigenvalue weighted by atomic mass is 35.5. The molecular weight excluding hydrogens is 362 g/mol. The summed E-state index contributed by atoms with van der Waals surface area (Å²) in [5, 5.41) is 5.18. The Balaban J connectivity index is 1.99. The highest BCUT2D eigenvalue weighted by molar-refractivity contribution is 7.18. The van der Waals surface area contributed by atoms with Gasteiger partial charge in [0.2, 0.25) is 4.96 Å². The van der Waals surface area contributed by atoms with Crippen molar-refractivity contribution in [3.8, 4) is 11.5 Å². The lowest BCUT2D eigenvalue weighted by Gasteiger charge is -2.09. The zero-order valence-electron chi connectivity index (χ0n) is 13.9. The van der Waals surface area contributed by atoms with Gasteiger partial charge in [-0.3, -0.25) is 4.79 Å². The molecule has 0 spiro atoms. The number of halogens is 1. The minimum atomic E-state index is -0.225. The molecule has 0 saturated heterocycles. The quantitative estimate of drug-likeness (QED) is 0.679. The molecule has 25 heavy (non-hydrogen) atoms. The fraction of sp³-hybridized carbons (Fsp3) is 0.235. The van der Waals surface area contributed by atoms with Gasteiger partial charge >= 0.3 is 0 Å². The van der Waals surface area contributed by atoms with Crippen molar-refractivity contribution in [1.29, 1.82) is 0 Å². The molecular formula is C17H16ClN3O3S. The molecule has 0 aliphatic heterocycles. The smallest absolute Gasteiger partial charge is 0.275 e. The van der Waals surface area contributed by atoms with Gasteiger partial charge in [-0.1, -0.05) is 29.0 Å². The first-order valence-corrected chi connectivity index (χ1v) is 8.77. The summed E-state index contributed by atoms with van der Waals surface area (Å²) in [7, 11) is 1.58. The Morgan fingerprint density at radius 3 is 2.88 bits per heavy atom. The van der Waals surface area contributed by atoms with E-state index in [1.807, 2.05) is 25.1 Å². The van der Waals surface area contributed by atoms with Crippen molar-refractivity contribution in [2.45, 2.75) is 13.8 Å². The molecule has 130 valence electrons. The van der Waals surface area contributed by atoms with Crippen molar-refractivity contribution in [3.05, 3.63) is 50.9 Å². The summed E-state index contributed by atoms with van der Waals surface area (Å²) in [6.45, 7) is 4.23. The van der Waals surface area contributed by atoms with Crippen LogP contribution in [0.2, 0.25) is 0 Å². The summed E-state index contributed by atoms with van der Waals surface area (Å²) < 4.78 is 12.1. The maximum absolute atomic E-state index is 12.0. The topological polar surface area (TPSA) is 65.7 Å². The van der Waals surface area contributed by atoms with E-state index in [0.717, 1.165) is 5.56 Å². The Morgan fingerprint density at radius 1 is 1.36 bits per heavy atom. The lowest BCUT2D eigenvalue weighted by molar-refractivity contribution is 0.311. The standard InChI is InChI=1S/C17H16ClN3O3S/c1-4-24-13-6-5-11(9-14(13)23-3)8-12(18)16-20-21-15(22)7-10(2)19-17(21)25-16/h5-9H,4H2,1-3H3/b12-8-. The van der Waals surface area contributed by atoms with E-state index >= 15 is 0 Å². The van der Waals surface area contributed by atoms with Gasteiger partial charge in [0.05, 0.1) is 18.7 Å². The van der Waals surface area contributed by atoms with E-state index in [4.69, 9.17) is 21.1 Å². The summed E-state index contributed by atoms with van der Waals surface area (Å²) in [5.41, 5.74) is 1.26. The summed E-state index contributed by atoms with van der Waals surface area (Å²) in [6, 6.07) is 6.96. The molecule has 0 radical (unpaired) electrons. The molecule has 0 atom stereocenters. The fourth-order valence-corrected chi connectivity index (χ4v) is 3.41. The first-order chi connectivity index (χ1) is 12.0. The van der Waals surface area contributed by atoms with E-state index in [2.05, 4.69) is 10.1 Å². The van der Waals surface area contributed by atoms with Gasteiger partial charge in [-0.05, 0) is 37.6 Å². The van der Waals surface area contributed by atoms with Crippen LogP contribution in [0.4, 0.5) is 0 Å². The monoisotopic (exact) mass is 377 g/mol. The van der Waals surface area contributed by atoms with Crippen LogP contribution in [0.25, 0.3) is 16.1 Å². The van der Waals surface area contributed by atoms with Gasteiger partial charge in [-0.15, -0.1) is 0 Å². The number of benzene rings is 1. The number of rotatable bonds is 5. The highest BCUT2D eigenvalue weighted by Gasteiger charge is 2.11. The third kappa shape index (κ3) is 3.67. The Labute approximate surface area is 153 Å². The molecule has 8 heteroatoms. The molecule has 0 aliphatic carbocycles. The van der Waals surface area contributed by atoms with Crippen molar-refractivity contribution in [2.24, 2.45) is 0 Å². The number of hydrogen-bond acceptors (Lipinski definition) is 6. The number of hydrogen-bond donors (Lipinski definition) is 0. The number of fused-ring (bicyclic) bond motifs is 1. The predicted molar refractivity (Wildman–Crippen MR) is 99.8 cm³/mol. The second-order valence-electron chi connectivity index (χ2n) is 5.17. The summed E-state index contributed by atoms with van der Waals surface area (Å²) >= 11 is 7.65. The maximum Gasteiger partial charge on any atom is 0.275 e. The SMILES string of the molecule is CCOc1ccc(/C=C(\Cl)c2nn3c(=O)cc(C)nc3s2)cc1OC. The van der Waals surface area contributed by atoms with E-state index in [1.54, 1.807) is 20.1 Å². The van der Waals surface area contributed by atoms with Gasteiger partial charge in [0.15, 0.2) is 16.5 Å². The zero-order chi connectivity index (χ0) is 18.0. The van der Waals surface area contributed by atoms with Gasteiger partial charge in [-0.2, -0.15) is 9.61 Å². The summed E-state index contributed by atoms with van der Waals surface area (Å²) in [4.78, 5) is 16.8. The second kappa shape index (κ2) is 7.25. The van der Waals surface area contributed by atoms with Crippen LogP contribution >= 0.6 is 22.9 Å². The molecule has 3 aromatic rings. The molecule has 0 saturated carbocycles.